The third-order valence-electron chi connectivity index (χ3n) is 5.30. The molecule has 0 radical (unpaired) electrons. The molecule has 2 aliphatic heterocycles. The third-order valence-corrected chi connectivity index (χ3v) is 5.30. The molecule has 0 saturated carbocycles. The van der Waals surface area contributed by atoms with Crippen molar-refractivity contribution in [2.24, 2.45) is 0 Å². The molecule has 3 rings (SSSR count). The second-order valence-corrected chi connectivity index (χ2v) is 7.61. The number of pyridine rings is 1. The average molecular weight is 464 g/mol. The molecule has 1 saturated heterocycles. The van der Waals surface area contributed by atoms with Gasteiger partial charge >= 0.3 is 6.18 Å². The molecule has 2 amide bonds. The summed E-state index contributed by atoms with van der Waals surface area (Å²) < 4.78 is 38.0. The van der Waals surface area contributed by atoms with Crippen LogP contribution in [0.5, 0.6) is 0 Å². The van der Waals surface area contributed by atoms with Gasteiger partial charge in [0.1, 0.15) is 5.82 Å². The Kier molecular flexibility index (Phi) is 9.48. The zero-order valence-corrected chi connectivity index (χ0v) is 18.5. The highest BCUT2D eigenvalue weighted by molar-refractivity contribution is 5.80. The standard InChI is InChI=1S/C21H26F3N5O2.C2H2/c1-15-4-7-19(30)27-17(15)3-2-8-25-20(31)14-28-9-11-29(12-10-28)18-6-5-16(13-26-18)21(22,23)24;1-2/h2-3,5-6,13H,4,7-12,14H2,1H3,(H,25,31)(H,27,30);1-2H/b3-2-;. The van der Waals surface area contributed by atoms with Gasteiger partial charge in [-0.3, -0.25) is 14.5 Å². The molecule has 178 valence electrons. The number of aromatic nitrogens is 1. The zero-order valence-electron chi connectivity index (χ0n) is 18.5. The Morgan fingerprint density at radius 2 is 1.91 bits per heavy atom. The lowest BCUT2D eigenvalue weighted by atomic mass is 10.0. The number of piperazine rings is 1. The van der Waals surface area contributed by atoms with Gasteiger partial charge in [0.15, 0.2) is 0 Å². The summed E-state index contributed by atoms with van der Waals surface area (Å²) in [4.78, 5) is 31.4. The highest BCUT2D eigenvalue weighted by Crippen LogP contribution is 2.29. The van der Waals surface area contributed by atoms with Crippen LogP contribution < -0.4 is 15.5 Å². The van der Waals surface area contributed by atoms with E-state index in [0.29, 0.717) is 45.0 Å². The summed E-state index contributed by atoms with van der Waals surface area (Å²) in [5.74, 6) is 0.394. The summed E-state index contributed by atoms with van der Waals surface area (Å²) in [5, 5.41) is 5.64. The second-order valence-electron chi connectivity index (χ2n) is 7.61. The lowest BCUT2D eigenvalue weighted by Crippen LogP contribution is -2.49. The molecular weight excluding hydrogens is 435 g/mol. The minimum Gasteiger partial charge on any atom is -0.354 e. The number of nitrogens with one attached hydrogen (secondary N) is 2. The van der Waals surface area contributed by atoms with Crippen molar-refractivity contribution in [1.82, 2.24) is 20.5 Å². The first-order chi connectivity index (χ1) is 15.7. The van der Waals surface area contributed by atoms with Crippen molar-refractivity contribution in [2.45, 2.75) is 25.9 Å². The maximum atomic E-state index is 12.7. The molecule has 1 aromatic rings. The summed E-state index contributed by atoms with van der Waals surface area (Å²) in [6, 6.07) is 2.41. The van der Waals surface area contributed by atoms with E-state index in [-0.39, 0.29) is 18.4 Å². The van der Waals surface area contributed by atoms with Crippen molar-refractivity contribution in [3.8, 4) is 12.8 Å². The fourth-order valence-electron chi connectivity index (χ4n) is 3.42. The molecule has 0 spiro atoms. The largest absolute Gasteiger partial charge is 0.417 e. The normalized spacial score (nSPS) is 17.4. The molecule has 33 heavy (non-hydrogen) atoms. The number of alkyl halides is 3. The number of amides is 2. The summed E-state index contributed by atoms with van der Waals surface area (Å²) in [7, 11) is 0. The smallest absolute Gasteiger partial charge is 0.354 e. The predicted molar refractivity (Wildman–Crippen MR) is 120 cm³/mol. The molecule has 3 heterocycles. The van der Waals surface area contributed by atoms with Gasteiger partial charge in [-0.05, 0) is 37.1 Å². The van der Waals surface area contributed by atoms with Crippen LogP contribution in [0, 0.1) is 12.8 Å². The van der Waals surface area contributed by atoms with Crippen LogP contribution >= 0.6 is 0 Å². The number of hydrogen-bond acceptors (Lipinski definition) is 5. The fraction of sp³-hybridized carbons (Fsp3) is 0.435. The molecule has 2 N–H and O–H groups in total. The third kappa shape index (κ3) is 7.95. The summed E-state index contributed by atoms with van der Waals surface area (Å²) in [6.45, 7) is 4.98. The van der Waals surface area contributed by atoms with E-state index in [0.717, 1.165) is 30.0 Å². The predicted octanol–water partition coefficient (Wildman–Crippen LogP) is 2.33. The molecule has 0 bridgehead atoms. The SMILES string of the molecule is C#C.CC1=C(/C=C\CNC(=O)CN2CCN(c3ccc(C(F)(F)F)cn3)CC2)NC(=O)CC1. The van der Waals surface area contributed by atoms with E-state index in [9.17, 15) is 22.8 Å². The van der Waals surface area contributed by atoms with Crippen molar-refractivity contribution in [2.75, 3.05) is 44.2 Å². The fourth-order valence-corrected chi connectivity index (χ4v) is 3.42. The summed E-state index contributed by atoms with van der Waals surface area (Å²) in [5.41, 5.74) is 1.14. The van der Waals surface area contributed by atoms with Gasteiger partial charge in [0.25, 0.3) is 0 Å². The van der Waals surface area contributed by atoms with E-state index in [1.165, 1.54) is 6.07 Å². The molecule has 1 aromatic heterocycles. The van der Waals surface area contributed by atoms with E-state index in [2.05, 4.69) is 28.5 Å². The lowest BCUT2D eigenvalue weighted by molar-refractivity contribution is -0.137. The van der Waals surface area contributed by atoms with Crippen LogP contribution in [0.3, 0.4) is 0 Å². The second kappa shape index (κ2) is 12.1. The molecule has 7 nitrogen and oxygen atoms in total. The number of allylic oxidation sites excluding steroid dienone is 2. The van der Waals surface area contributed by atoms with Crippen LogP contribution in [-0.2, 0) is 15.8 Å². The number of halogens is 3. The van der Waals surface area contributed by atoms with Gasteiger partial charge in [0.2, 0.25) is 11.8 Å². The Bertz CT molecular complexity index is 899. The van der Waals surface area contributed by atoms with Crippen LogP contribution in [0.2, 0.25) is 0 Å². The molecule has 0 unspecified atom stereocenters. The lowest BCUT2D eigenvalue weighted by Gasteiger charge is -2.35. The minimum atomic E-state index is -4.40. The quantitative estimate of drug-likeness (QED) is 0.634. The number of carbonyl (C=O) groups is 2. The molecular formula is C23H28F3N5O2. The van der Waals surface area contributed by atoms with Crippen LogP contribution in [-0.4, -0.2) is 61.0 Å². The van der Waals surface area contributed by atoms with Gasteiger partial charge in [-0.15, -0.1) is 12.8 Å². The minimum absolute atomic E-state index is 0.0000712. The Labute approximate surface area is 191 Å². The van der Waals surface area contributed by atoms with Crippen LogP contribution in [0.15, 0.2) is 41.8 Å². The van der Waals surface area contributed by atoms with Crippen LogP contribution in [0.4, 0.5) is 19.0 Å². The van der Waals surface area contributed by atoms with E-state index in [1.807, 2.05) is 22.8 Å². The van der Waals surface area contributed by atoms with Crippen molar-refractivity contribution >= 4 is 17.6 Å². The number of anilines is 1. The Morgan fingerprint density at radius 3 is 2.52 bits per heavy atom. The number of terminal acetylenes is 1. The summed E-state index contributed by atoms with van der Waals surface area (Å²) in [6.07, 6.45) is 9.30. The maximum Gasteiger partial charge on any atom is 0.417 e. The number of carbonyl (C=O) groups excluding carboxylic acids is 2. The van der Waals surface area contributed by atoms with Crippen molar-refractivity contribution < 1.29 is 22.8 Å². The molecule has 2 aliphatic rings. The van der Waals surface area contributed by atoms with Crippen LogP contribution in [0.25, 0.3) is 0 Å². The van der Waals surface area contributed by atoms with Gasteiger partial charge in [0, 0.05) is 51.0 Å². The zero-order chi connectivity index (χ0) is 24.4. The van der Waals surface area contributed by atoms with Gasteiger partial charge < -0.3 is 15.5 Å². The summed E-state index contributed by atoms with van der Waals surface area (Å²) >= 11 is 0. The van der Waals surface area contributed by atoms with Crippen molar-refractivity contribution in [1.29, 1.82) is 0 Å². The number of nitrogens with zero attached hydrogens (tertiary/aromatic N) is 3. The maximum absolute atomic E-state index is 12.7. The van der Waals surface area contributed by atoms with Crippen LogP contribution in [0.1, 0.15) is 25.3 Å². The monoisotopic (exact) mass is 463 g/mol. The van der Waals surface area contributed by atoms with Crippen molar-refractivity contribution in [3.63, 3.8) is 0 Å². The topological polar surface area (TPSA) is 77.6 Å². The first kappa shape index (κ1) is 25.9. The van der Waals surface area contributed by atoms with E-state index in [1.54, 1.807) is 6.08 Å². The van der Waals surface area contributed by atoms with E-state index in [4.69, 9.17) is 0 Å². The highest BCUT2D eigenvalue weighted by Gasteiger charge is 2.31. The van der Waals surface area contributed by atoms with Gasteiger partial charge in [0.05, 0.1) is 12.1 Å². The molecule has 10 heteroatoms. The average Bonchev–Trinajstić information content (AvgIpc) is 2.80. The first-order valence-electron chi connectivity index (χ1n) is 10.5. The van der Waals surface area contributed by atoms with Gasteiger partial charge in [-0.1, -0.05) is 6.08 Å². The molecule has 0 aliphatic carbocycles. The Balaban J connectivity index is 0.00000187. The first-order valence-corrected chi connectivity index (χ1v) is 10.5. The molecule has 1 fully saturated rings. The Hall–Kier alpha value is -3.32. The number of rotatable bonds is 6. The molecule has 0 atom stereocenters. The van der Waals surface area contributed by atoms with Gasteiger partial charge in [-0.2, -0.15) is 13.2 Å². The Morgan fingerprint density at radius 1 is 1.21 bits per heavy atom. The van der Waals surface area contributed by atoms with E-state index < -0.39 is 11.7 Å². The van der Waals surface area contributed by atoms with Crippen molar-refractivity contribution in [3.05, 3.63) is 47.3 Å². The number of hydrogen-bond donors (Lipinski definition) is 2. The van der Waals surface area contributed by atoms with E-state index >= 15 is 0 Å². The highest BCUT2D eigenvalue weighted by atomic mass is 19.4. The van der Waals surface area contributed by atoms with Gasteiger partial charge in [-0.25, -0.2) is 4.98 Å². The molecule has 0 aromatic carbocycles.